The molecule has 0 bridgehead atoms. The molecule has 1 amide bonds. The summed E-state index contributed by atoms with van der Waals surface area (Å²) in [6.07, 6.45) is 1.26. The topological polar surface area (TPSA) is 84.5 Å². The maximum Gasteiger partial charge on any atom is 0.246 e. The minimum atomic E-state index is -0.901. The molecule has 2 aromatic carbocycles. The van der Waals surface area contributed by atoms with Crippen molar-refractivity contribution in [3.8, 4) is 22.6 Å². The summed E-state index contributed by atoms with van der Waals surface area (Å²) in [7, 11) is 0. The van der Waals surface area contributed by atoms with E-state index < -0.39 is 17.2 Å². The van der Waals surface area contributed by atoms with E-state index in [0.29, 0.717) is 31.7 Å². The van der Waals surface area contributed by atoms with Crippen LogP contribution in [-0.2, 0) is 11.3 Å². The zero-order valence-electron chi connectivity index (χ0n) is 16.0. The predicted octanol–water partition coefficient (Wildman–Crippen LogP) is 2.76. The fourth-order valence-corrected chi connectivity index (χ4v) is 4.16. The van der Waals surface area contributed by atoms with Gasteiger partial charge in [0.25, 0.3) is 0 Å². The lowest BCUT2D eigenvalue weighted by Gasteiger charge is -2.39. The van der Waals surface area contributed by atoms with E-state index in [9.17, 15) is 14.3 Å². The number of phenols is 1. The molecular formula is C21H21ClF2N2O4. The van der Waals surface area contributed by atoms with Crippen molar-refractivity contribution in [2.45, 2.75) is 12.6 Å². The van der Waals surface area contributed by atoms with Crippen molar-refractivity contribution in [3.63, 3.8) is 0 Å². The summed E-state index contributed by atoms with van der Waals surface area (Å²) in [4.78, 5) is 15.6. The first-order valence-corrected chi connectivity index (χ1v) is 9.55. The van der Waals surface area contributed by atoms with Crippen LogP contribution in [0.1, 0.15) is 5.56 Å². The summed E-state index contributed by atoms with van der Waals surface area (Å²) in [5, 5.41) is 10.1. The Hall–Kier alpha value is -2.68. The third kappa shape index (κ3) is 3.74. The summed E-state index contributed by atoms with van der Waals surface area (Å²) in [5.41, 5.74) is -0.156. The Labute approximate surface area is 177 Å². The Morgan fingerprint density at radius 3 is 2.77 bits per heavy atom. The van der Waals surface area contributed by atoms with Crippen LogP contribution in [0.4, 0.5) is 8.78 Å². The van der Waals surface area contributed by atoms with Gasteiger partial charge in [-0.15, -0.1) is 0 Å². The van der Waals surface area contributed by atoms with Gasteiger partial charge in [-0.25, -0.2) is 8.78 Å². The van der Waals surface area contributed by atoms with Crippen molar-refractivity contribution in [2.75, 3.05) is 26.2 Å². The molecule has 0 radical (unpaired) electrons. The second-order valence-electron chi connectivity index (χ2n) is 7.09. The molecule has 2 aliphatic rings. The SMILES string of the molecule is C=CC(=O)N1CCN2Cc3cc(F)c(-c4c(O)cccc4Cl)c(F)c3OC[C@H]2C1.O. The zero-order valence-corrected chi connectivity index (χ0v) is 16.8. The molecule has 1 atom stereocenters. The Kier molecular flexibility index (Phi) is 6.30. The van der Waals surface area contributed by atoms with E-state index in [0.717, 1.165) is 0 Å². The zero-order chi connectivity index (χ0) is 20.7. The van der Waals surface area contributed by atoms with Gasteiger partial charge >= 0.3 is 0 Å². The summed E-state index contributed by atoms with van der Waals surface area (Å²) >= 11 is 6.09. The van der Waals surface area contributed by atoms with Gasteiger partial charge in [0.15, 0.2) is 11.6 Å². The van der Waals surface area contributed by atoms with Gasteiger partial charge in [-0.3, -0.25) is 9.69 Å². The largest absolute Gasteiger partial charge is 0.507 e. The van der Waals surface area contributed by atoms with Crippen LogP contribution in [0.2, 0.25) is 5.02 Å². The lowest BCUT2D eigenvalue weighted by molar-refractivity contribution is -0.129. The first-order valence-electron chi connectivity index (χ1n) is 9.17. The average Bonchev–Trinajstić information content (AvgIpc) is 2.88. The highest BCUT2D eigenvalue weighted by molar-refractivity contribution is 6.33. The summed E-state index contributed by atoms with van der Waals surface area (Å²) < 4.78 is 36.0. The minimum Gasteiger partial charge on any atom is -0.507 e. The highest BCUT2D eigenvalue weighted by Gasteiger charge is 2.34. The molecule has 30 heavy (non-hydrogen) atoms. The summed E-state index contributed by atoms with van der Waals surface area (Å²) in [5.74, 6) is -2.27. The third-order valence-corrected chi connectivity index (χ3v) is 5.69. The van der Waals surface area contributed by atoms with E-state index in [-0.39, 0.29) is 46.1 Å². The number of hydrogen-bond acceptors (Lipinski definition) is 4. The first-order chi connectivity index (χ1) is 13.9. The standard InChI is InChI=1S/C21H19ClF2N2O3.H2O/c1-2-17(28)26-7-6-25-9-12-8-15(23)19(18-14(22)4-3-5-16(18)27)20(24)21(12)29-11-13(25)10-26;/h2-5,8,13,27H,1,6-7,9-11H2;1H2/t13-;/m1./s1. The number of carbonyl (C=O) groups is 1. The smallest absolute Gasteiger partial charge is 0.246 e. The van der Waals surface area contributed by atoms with Crippen molar-refractivity contribution in [1.29, 1.82) is 0 Å². The lowest BCUT2D eigenvalue weighted by atomic mass is 9.99. The number of rotatable bonds is 2. The quantitative estimate of drug-likeness (QED) is 0.731. The van der Waals surface area contributed by atoms with Crippen molar-refractivity contribution in [2.24, 2.45) is 0 Å². The highest BCUT2D eigenvalue weighted by atomic mass is 35.5. The number of fused-ring (bicyclic) bond motifs is 2. The van der Waals surface area contributed by atoms with Crippen molar-refractivity contribution >= 4 is 17.5 Å². The van der Waals surface area contributed by atoms with Gasteiger partial charge in [0.2, 0.25) is 5.91 Å². The molecule has 1 saturated heterocycles. The molecule has 2 aromatic rings. The third-order valence-electron chi connectivity index (χ3n) is 5.38. The molecular weight excluding hydrogens is 418 g/mol. The Balaban J connectivity index is 0.00000256. The molecule has 4 rings (SSSR count). The van der Waals surface area contributed by atoms with Crippen LogP contribution in [0.15, 0.2) is 36.9 Å². The highest BCUT2D eigenvalue weighted by Crippen LogP contribution is 2.43. The van der Waals surface area contributed by atoms with Crippen molar-refractivity contribution in [3.05, 3.63) is 59.1 Å². The van der Waals surface area contributed by atoms with Crippen LogP contribution in [0.25, 0.3) is 11.1 Å². The number of amides is 1. The number of benzene rings is 2. The monoisotopic (exact) mass is 438 g/mol. The van der Waals surface area contributed by atoms with Crippen molar-refractivity contribution < 1.29 is 28.9 Å². The van der Waals surface area contributed by atoms with Crippen LogP contribution in [0.3, 0.4) is 0 Å². The van der Waals surface area contributed by atoms with Gasteiger partial charge in [-0.05, 0) is 24.3 Å². The Bertz CT molecular complexity index is 981. The van der Waals surface area contributed by atoms with Crippen LogP contribution in [0.5, 0.6) is 11.5 Å². The average molecular weight is 439 g/mol. The number of hydrogen-bond donors (Lipinski definition) is 1. The van der Waals surface area contributed by atoms with Gasteiger partial charge in [0.1, 0.15) is 18.2 Å². The molecule has 160 valence electrons. The Morgan fingerprint density at radius 1 is 1.30 bits per heavy atom. The summed E-state index contributed by atoms with van der Waals surface area (Å²) in [6, 6.07) is 5.33. The second kappa shape index (κ2) is 8.59. The number of aromatic hydroxyl groups is 1. The lowest BCUT2D eigenvalue weighted by Crippen LogP contribution is -2.55. The van der Waals surface area contributed by atoms with Gasteiger partial charge in [0, 0.05) is 37.3 Å². The normalized spacial score (nSPS) is 18.4. The molecule has 0 spiro atoms. The van der Waals surface area contributed by atoms with Crippen LogP contribution in [0, 0.1) is 11.6 Å². The van der Waals surface area contributed by atoms with E-state index >= 15 is 4.39 Å². The number of ether oxygens (including phenoxy) is 1. The predicted molar refractivity (Wildman–Crippen MR) is 109 cm³/mol. The van der Waals surface area contributed by atoms with Crippen LogP contribution >= 0.6 is 11.6 Å². The maximum absolute atomic E-state index is 15.3. The molecule has 0 aliphatic carbocycles. The van der Waals surface area contributed by atoms with E-state index in [1.807, 2.05) is 4.90 Å². The number of piperazine rings is 1. The van der Waals surface area contributed by atoms with E-state index in [1.165, 1.54) is 30.3 Å². The summed E-state index contributed by atoms with van der Waals surface area (Å²) in [6.45, 7) is 5.42. The fraction of sp³-hybridized carbons (Fsp3) is 0.286. The molecule has 6 nitrogen and oxygen atoms in total. The van der Waals surface area contributed by atoms with E-state index in [4.69, 9.17) is 16.3 Å². The number of nitrogens with zero attached hydrogens (tertiary/aromatic N) is 2. The second-order valence-corrected chi connectivity index (χ2v) is 7.50. The number of phenolic OH excluding ortho intramolecular Hbond substituents is 1. The fourth-order valence-electron chi connectivity index (χ4n) is 3.90. The van der Waals surface area contributed by atoms with Crippen LogP contribution < -0.4 is 4.74 Å². The van der Waals surface area contributed by atoms with Gasteiger partial charge in [0.05, 0.1) is 16.6 Å². The number of carbonyl (C=O) groups excluding carboxylic acids is 1. The molecule has 0 unspecified atom stereocenters. The molecule has 2 aliphatic heterocycles. The molecule has 0 aromatic heterocycles. The maximum atomic E-state index is 15.3. The van der Waals surface area contributed by atoms with Gasteiger partial charge < -0.3 is 20.2 Å². The van der Waals surface area contributed by atoms with Crippen molar-refractivity contribution in [1.82, 2.24) is 9.80 Å². The first kappa shape index (κ1) is 22.0. The van der Waals surface area contributed by atoms with Gasteiger partial charge in [-0.1, -0.05) is 24.2 Å². The van der Waals surface area contributed by atoms with Gasteiger partial charge in [-0.2, -0.15) is 0 Å². The van der Waals surface area contributed by atoms with E-state index in [1.54, 1.807) is 4.90 Å². The number of halogens is 3. The Morgan fingerprint density at radius 2 is 2.07 bits per heavy atom. The molecule has 2 heterocycles. The molecule has 3 N–H and O–H groups in total. The molecule has 1 fully saturated rings. The molecule has 9 heteroatoms. The molecule has 0 saturated carbocycles. The van der Waals surface area contributed by atoms with Crippen LogP contribution in [-0.4, -0.2) is 58.6 Å². The van der Waals surface area contributed by atoms with E-state index in [2.05, 4.69) is 6.58 Å². The minimum absolute atomic E-state index is 0.